The molecular formula is C25H24O4. The molecule has 0 saturated heterocycles. The zero-order chi connectivity index (χ0) is 20.5. The Morgan fingerprint density at radius 2 is 0.897 bits per heavy atom. The Kier molecular flexibility index (Phi) is 5.11. The third-order valence-electron chi connectivity index (χ3n) is 6.03. The summed E-state index contributed by atoms with van der Waals surface area (Å²) in [6, 6.07) is 26.4. The molecule has 0 saturated carbocycles. The number of rotatable bonds is 6. The smallest absolute Gasteiger partial charge is 0.128 e. The van der Waals surface area contributed by atoms with E-state index in [4.69, 9.17) is 0 Å². The van der Waals surface area contributed by atoms with Crippen LogP contribution in [0.1, 0.15) is 11.1 Å². The van der Waals surface area contributed by atoms with E-state index < -0.39 is 30.8 Å². The van der Waals surface area contributed by atoms with Gasteiger partial charge in [-0.3, -0.25) is 0 Å². The molecule has 0 aliphatic rings. The van der Waals surface area contributed by atoms with Crippen LogP contribution >= 0.6 is 0 Å². The highest BCUT2D eigenvalue weighted by molar-refractivity contribution is 5.91. The molecule has 4 aromatic rings. The highest BCUT2D eigenvalue weighted by atomic mass is 16.3. The van der Waals surface area contributed by atoms with E-state index >= 15 is 0 Å². The topological polar surface area (TPSA) is 80.9 Å². The lowest BCUT2D eigenvalue weighted by atomic mass is 9.64. The summed E-state index contributed by atoms with van der Waals surface area (Å²) < 4.78 is 0. The average molecular weight is 388 g/mol. The molecule has 0 heterocycles. The summed E-state index contributed by atoms with van der Waals surface area (Å²) in [5, 5.41) is 46.7. The molecule has 0 spiro atoms. The van der Waals surface area contributed by atoms with Gasteiger partial charge in [0.1, 0.15) is 5.60 Å². The predicted octanol–water partition coefficient (Wildman–Crippen LogP) is 3.19. The van der Waals surface area contributed by atoms with Crippen LogP contribution in [0.15, 0.2) is 84.9 Å². The Hall–Kier alpha value is -2.76. The van der Waals surface area contributed by atoms with E-state index in [0.29, 0.717) is 11.1 Å². The SMILES string of the molecule is OCC(CO)(CO)C(O)(c1cccc2ccccc12)c1cccc2ccccc12. The first kappa shape index (κ1) is 19.6. The van der Waals surface area contributed by atoms with Crippen molar-refractivity contribution >= 4 is 21.5 Å². The van der Waals surface area contributed by atoms with Crippen molar-refractivity contribution in [3.63, 3.8) is 0 Å². The fraction of sp³-hybridized carbons (Fsp3) is 0.200. The molecule has 148 valence electrons. The molecular weight excluding hydrogens is 364 g/mol. The Bertz CT molecular complexity index is 1050. The summed E-state index contributed by atoms with van der Waals surface area (Å²) in [5.74, 6) is 0. The van der Waals surface area contributed by atoms with Crippen LogP contribution in [0.2, 0.25) is 0 Å². The standard InChI is InChI=1S/C25H24O4/c26-15-24(16-27,17-28)25(29,22-13-5-9-18-7-1-3-11-20(18)22)23-14-6-10-19-8-2-4-12-21(19)23/h1-14,26-29H,15-17H2. The van der Waals surface area contributed by atoms with Crippen molar-refractivity contribution in [3.8, 4) is 0 Å². The van der Waals surface area contributed by atoms with Gasteiger partial charge in [0.05, 0.1) is 25.2 Å². The van der Waals surface area contributed by atoms with E-state index in [9.17, 15) is 20.4 Å². The molecule has 4 nitrogen and oxygen atoms in total. The fourth-order valence-corrected chi connectivity index (χ4v) is 4.29. The average Bonchev–Trinajstić information content (AvgIpc) is 2.79. The van der Waals surface area contributed by atoms with Gasteiger partial charge in [0.15, 0.2) is 0 Å². The van der Waals surface area contributed by atoms with Gasteiger partial charge < -0.3 is 20.4 Å². The van der Waals surface area contributed by atoms with Crippen molar-refractivity contribution in [2.75, 3.05) is 19.8 Å². The normalized spacial score (nSPS) is 12.6. The zero-order valence-corrected chi connectivity index (χ0v) is 16.0. The van der Waals surface area contributed by atoms with Gasteiger partial charge in [-0.2, -0.15) is 0 Å². The number of fused-ring (bicyclic) bond motifs is 2. The minimum atomic E-state index is -1.84. The van der Waals surface area contributed by atoms with Gasteiger partial charge in [-0.05, 0) is 32.7 Å². The van der Waals surface area contributed by atoms with Crippen LogP contribution in [0.3, 0.4) is 0 Å². The first-order valence-corrected chi connectivity index (χ1v) is 9.63. The van der Waals surface area contributed by atoms with Gasteiger partial charge in [0.25, 0.3) is 0 Å². The molecule has 0 amide bonds. The lowest BCUT2D eigenvalue weighted by molar-refractivity contribution is -0.134. The lowest BCUT2D eigenvalue weighted by Crippen LogP contribution is -2.54. The summed E-state index contributed by atoms with van der Waals surface area (Å²) >= 11 is 0. The first-order valence-electron chi connectivity index (χ1n) is 9.63. The number of hydrogen-bond donors (Lipinski definition) is 4. The largest absolute Gasteiger partial charge is 0.395 e. The molecule has 0 fully saturated rings. The molecule has 4 N–H and O–H groups in total. The molecule has 4 aromatic carbocycles. The van der Waals surface area contributed by atoms with Crippen LogP contribution in [-0.2, 0) is 5.60 Å². The van der Waals surface area contributed by atoms with Crippen LogP contribution in [0.25, 0.3) is 21.5 Å². The van der Waals surface area contributed by atoms with E-state index in [0.717, 1.165) is 21.5 Å². The third-order valence-corrected chi connectivity index (χ3v) is 6.03. The monoisotopic (exact) mass is 388 g/mol. The van der Waals surface area contributed by atoms with Crippen LogP contribution in [0.4, 0.5) is 0 Å². The van der Waals surface area contributed by atoms with Crippen molar-refractivity contribution in [3.05, 3.63) is 96.1 Å². The number of aliphatic hydroxyl groups excluding tert-OH is 3. The summed E-state index contributed by atoms with van der Waals surface area (Å²) in [4.78, 5) is 0. The van der Waals surface area contributed by atoms with E-state index in [1.54, 1.807) is 12.1 Å². The highest BCUT2D eigenvalue weighted by Gasteiger charge is 2.53. The van der Waals surface area contributed by atoms with Crippen molar-refractivity contribution in [2.45, 2.75) is 5.60 Å². The van der Waals surface area contributed by atoms with Gasteiger partial charge in [-0.1, -0.05) is 84.9 Å². The van der Waals surface area contributed by atoms with Gasteiger partial charge in [-0.15, -0.1) is 0 Å². The molecule has 0 aliphatic heterocycles. The summed E-state index contributed by atoms with van der Waals surface area (Å²) in [6.45, 7) is -1.78. The molecule has 0 bridgehead atoms. The third kappa shape index (κ3) is 2.84. The summed E-state index contributed by atoms with van der Waals surface area (Å²) in [7, 11) is 0. The van der Waals surface area contributed by atoms with Crippen molar-refractivity contribution in [1.29, 1.82) is 0 Å². The Morgan fingerprint density at radius 1 is 0.517 bits per heavy atom. The van der Waals surface area contributed by atoms with Gasteiger partial charge in [0, 0.05) is 0 Å². The van der Waals surface area contributed by atoms with Crippen LogP contribution in [0.5, 0.6) is 0 Å². The molecule has 29 heavy (non-hydrogen) atoms. The quantitative estimate of drug-likeness (QED) is 0.409. The molecule has 4 heteroatoms. The minimum absolute atomic E-state index is 0.532. The Labute approximate surface area is 169 Å². The van der Waals surface area contributed by atoms with Gasteiger partial charge in [-0.25, -0.2) is 0 Å². The molecule has 0 atom stereocenters. The lowest BCUT2D eigenvalue weighted by Gasteiger charge is -2.46. The maximum atomic E-state index is 12.4. The molecule has 0 unspecified atom stereocenters. The number of hydrogen-bond acceptors (Lipinski definition) is 4. The fourth-order valence-electron chi connectivity index (χ4n) is 4.29. The Morgan fingerprint density at radius 3 is 1.31 bits per heavy atom. The van der Waals surface area contributed by atoms with Gasteiger partial charge in [0.2, 0.25) is 0 Å². The van der Waals surface area contributed by atoms with E-state index in [-0.39, 0.29) is 0 Å². The summed E-state index contributed by atoms with van der Waals surface area (Å²) in [5.41, 5.74) is -2.37. The predicted molar refractivity (Wildman–Crippen MR) is 115 cm³/mol. The molecule has 0 aromatic heterocycles. The van der Waals surface area contributed by atoms with Crippen LogP contribution < -0.4 is 0 Å². The van der Waals surface area contributed by atoms with Crippen LogP contribution in [0, 0.1) is 5.41 Å². The van der Waals surface area contributed by atoms with Crippen molar-refractivity contribution < 1.29 is 20.4 Å². The van der Waals surface area contributed by atoms with E-state index in [1.807, 2.05) is 72.8 Å². The maximum Gasteiger partial charge on any atom is 0.128 e. The van der Waals surface area contributed by atoms with Crippen LogP contribution in [-0.4, -0.2) is 40.2 Å². The molecule has 4 rings (SSSR count). The molecule has 0 radical (unpaired) electrons. The Balaban J connectivity index is 2.16. The van der Waals surface area contributed by atoms with Crippen molar-refractivity contribution in [1.82, 2.24) is 0 Å². The van der Waals surface area contributed by atoms with Gasteiger partial charge >= 0.3 is 0 Å². The van der Waals surface area contributed by atoms with Crippen molar-refractivity contribution in [2.24, 2.45) is 5.41 Å². The second-order valence-electron chi connectivity index (χ2n) is 7.52. The van der Waals surface area contributed by atoms with E-state index in [1.165, 1.54) is 0 Å². The second-order valence-corrected chi connectivity index (χ2v) is 7.52. The minimum Gasteiger partial charge on any atom is -0.395 e. The highest BCUT2D eigenvalue weighted by Crippen LogP contribution is 2.48. The number of benzene rings is 4. The molecule has 0 aliphatic carbocycles. The second kappa shape index (κ2) is 7.58. The van der Waals surface area contributed by atoms with E-state index in [2.05, 4.69) is 0 Å². The summed E-state index contributed by atoms with van der Waals surface area (Å²) in [6.07, 6.45) is 0. The zero-order valence-electron chi connectivity index (χ0n) is 16.0. The first-order chi connectivity index (χ1) is 14.1. The maximum absolute atomic E-state index is 12.4. The number of aliphatic hydroxyl groups is 4.